The Hall–Kier alpha value is -2.54. The van der Waals surface area contributed by atoms with Crippen molar-refractivity contribution < 1.29 is 26.3 Å². The van der Waals surface area contributed by atoms with Crippen LogP contribution >= 0.6 is 11.6 Å². The summed E-state index contributed by atoms with van der Waals surface area (Å²) in [5, 5.41) is -1.13. The summed E-state index contributed by atoms with van der Waals surface area (Å²) in [5.74, 6) is -1.88. The van der Waals surface area contributed by atoms with Gasteiger partial charge in [0.2, 0.25) is 11.7 Å². The minimum atomic E-state index is -4.84. The van der Waals surface area contributed by atoms with Crippen molar-refractivity contribution in [3.05, 3.63) is 46.5 Å². The van der Waals surface area contributed by atoms with Gasteiger partial charge in [-0.2, -0.15) is 18.6 Å². The van der Waals surface area contributed by atoms with Crippen LogP contribution in [0.15, 0.2) is 40.2 Å². The van der Waals surface area contributed by atoms with Crippen LogP contribution in [-0.4, -0.2) is 26.7 Å². The Morgan fingerprint density at radius 3 is 2.38 bits per heavy atom. The summed E-state index contributed by atoms with van der Waals surface area (Å²) < 4.78 is 72.8. The smallest absolute Gasteiger partial charge is 0.417 e. The second-order valence-corrected chi connectivity index (χ2v) is 10.2. The van der Waals surface area contributed by atoms with E-state index in [2.05, 4.69) is 15.8 Å². The number of guanidine groups is 1. The van der Waals surface area contributed by atoms with Crippen LogP contribution in [0.4, 0.5) is 13.2 Å². The molecule has 1 aliphatic rings. The monoisotopic (exact) mass is 491 g/mol. The molecule has 1 atom stereocenters. The number of benzene rings is 2. The van der Waals surface area contributed by atoms with Crippen LogP contribution in [0, 0.1) is 0 Å². The van der Waals surface area contributed by atoms with Crippen molar-refractivity contribution >= 4 is 27.4 Å². The Morgan fingerprint density at radius 1 is 1.22 bits per heavy atom. The van der Waals surface area contributed by atoms with E-state index in [1.807, 2.05) is 0 Å². The topological polar surface area (TPSA) is 132 Å². The summed E-state index contributed by atoms with van der Waals surface area (Å²) in [6, 6.07) is 5.71. The molecule has 174 valence electrons. The van der Waals surface area contributed by atoms with Gasteiger partial charge in [0.05, 0.1) is 17.9 Å². The lowest BCUT2D eigenvalue weighted by atomic mass is 9.95. The van der Waals surface area contributed by atoms with E-state index in [0.29, 0.717) is 0 Å². The first-order valence-corrected chi connectivity index (χ1v) is 11.1. The number of aliphatic imine (C=N–C) groups is 1. The zero-order chi connectivity index (χ0) is 24.1. The summed E-state index contributed by atoms with van der Waals surface area (Å²) >= 11 is 6.29. The van der Waals surface area contributed by atoms with Gasteiger partial charge in [0.1, 0.15) is 10.6 Å². The number of hydrazine groups is 1. The summed E-state index contributed by atoms with van der Waals surface area (Å²) in [7, 11) is -2.60. The third kappa shape index (κ3) is 4.22. The Morgan fingerprint density at radius 2 is 1.88 bits per heavy atom. The predicted octanol–water partition coefficient (Wildman–Crippen LogP) is 2.71. The average molecular weight is 492 g/mol. The molecular formula is C19H21ClF3N5O3S. The maximum atomic E-state index is 14.1. The molecule has 8 nitrogen and oxygen atoms in total. The van der Waals surface area contributed by atoms with Gasteiger partial charge in [-0.05, 0) is 43.7 Å². The molecule has 0 bridgehead atoms. The highest BCUT2D eigenvalue weighted by atomic mass is 35.5. The minimum Gasteiger partial charge on any atom is -0.495 e. The molecule has 2 aromatic carbocycles. The van der Waals surface area contributed by atoms with E-state index in [-0.39, 0.29) is 32.8 Å². The molecule has 0 amide bonds. The fraction of sp³-hybridized carbons (Fsp3) is 0.316. The lowest BCUT2D eigenvalue weighted by Crippen LogP contribution is -2.50. The highest BCUT2D eigenvalue weighted by Crippen LogP contribution is 2.44. The third-order valence-corrected chi connectivity index (χ3v) is 7.36. The van der Waals surface area contributed by atoms with Gasteiger partial charge in [-0.3, -0.25) is 11.2 Å². The normalized spacial score (nSPS) is 19.1. The highest BCUT2D eigenvalue weighted by Gasteiger charge is 2.40. The largest absolute Gasteiger partial charge is 0.495 e. The first-order chi connectivity index (χ1) is 14.7. The molecule has 0 aliphatic carbocycles. The first kappa shape index (κ1) is 24.1. The van der Waals surface area contributed by atoms with E-state index < -0.39 is 38.2 Å². The zero-order valence-corrected chi connectivity index (χ0v) is 18.8. The number of sulfone groups is 1. The fourth-order valence-electron chi connectivity index (χ4n) is 3.19. The summed E-state index contributed by atoms with van der Waals surface area (Å²) in [6.45, 7) is 2.92. The summed E-state index contributed by atoms with van der Waals surface area (Å²) in [4.78, 5) is 3.63. The van der Waals surface area contributed by atoms with Crippen LogP contribution in [0.2, 0.25) is 5.02 Å². The van der Waals surface area contributed by atoms with Crippen molar-refractivity contribution in [3.63, 3.8) is 0 Å². The summed E-state index contributed by atoms with van der Waals surface area (Å²) in [6.07, 6.45) is -4.84. The quantitative estimate of drug-likeness (QED) is 0.505. The molecule has 2 aromatic rings. The van der Waals surface area contributed by atoms with Crippen LogP contribution in [0.3, 0.4) is 0 Å². The van der Waals surface area contributed by atoms with Gasteiger partial charge < -0.3 is 10.5 Å². The Labute approximate surface area is 187 Å². The Balaban J connectivity index is 2.29. The number of rotatable bonds is 5. The van der Waals surface area contributed by atoms with Gasteiger partial charge >= 0.3 is 6.18 Å². The Kier molecular flexibility index (Phi) is 6.11. The van der Waals surface area contributed by atoms with Crippen LogP contribution in [0.25, 0.3) is 11.1 Å². The standard InChI is InChI=1S/C19H21ClF3N5O3S/c1-9(2)32(29,30)15-6-10(4-5-14(15)31-3)16-12(18(21,22)23)7-11(8-13(16)20)19(25)26-17(24)27-28-19/h4-9,28H,25H2,1-3H3,(H3,24,26,27). The summed E-state index contributed by atoms with van der Waals surface area (Å²) in [5.41, 5.74) is 14.8. The number of halogens is 4. The number of nitrogens with zero attached hydrogens (tertiary/aromatic N) is 1. The van der Waals surface area contributed by atoms with Gasteiger partial charge in [0.15, 0.2) is 9.84 Å². The SMILES string of the molecule is COc1ccc(-c2c(Cl)cc(C3(N)N=C(N)NN3)cc2C(F)(F)F)cc1S(=O)(=O)C(C)C. The van der Waals surface area contributed by atoms with Crippen LogP contribution < -0.4 is 27.1 Å². The molecule has 1 unspecified atom stereocenters. The molecule has 0 radical (unpaired) electrons. The van der Waals surface area contributed by atoms with Crippen molar-refractivity contribution in [1.82, 2.24) is 10.9 Å². The number of nitrogens with two attached hydrogens (primary N) is 2. The molecule has 0 fully saturated rings. The van der Waals surface area contributed by atoms with E-state index in [0.717, 1.165) is 12.1 Å². The van der Waals surface area contributed by atoms with Crippen molar-refractivity contribution in [2.45, 2.75) is 36.0 Å². The van der Waals surface area contributed by atoms with E-state index >= 15 is 0 Å². The maximum absolute atomic E-state index is 14.1. The van der Waals surface area contributed by atoms with Gasteiger partial charge in [0.25, 0.3) is 0 Å². The lowest BCUT2D eigenvalue weighted by Gasteiger charge is -2.24. The zero-order valence-electron chi connectivity index (χ0n) is 17.2. The second-order valence-electron chi connectivity index (χ2n) is 7.35. The maximum Gasteiger partial charge on any atom is 0.417 e. The van der Waals surface area contributed by atoms with Crippen molar-refractivity contribution in [2.75, 3.05) is 7.11 Å². The first-order valence-electron chi connectivity index (χ1n) is 9.21. The second kappa shape index (κ2) is 8.10. The van der Waals surface area contributed by atoms with Gasteiger partial charge in [-0.1, -0.05) is 17.7 Å². The molecule has 0 spiro atoms. The molecule has 0 saturated heterocycles. The number of hydrogen-bond acceptors (Lipinski definition) is 8. The van der Waals surface area contributed by atoms with E-state index in [1.165, 1.54) is 39.2 Å². The number of methoxy groups -OCH3 is 1. The predicted molar refractivity (Wildman–Crippen MR) is 115 cm³/mol. The van der Waals surface area contributed by atoms with Crippen molar-refractivity contribution in [2.24, 2.45) is 16.5 Å². The molecule has 1 heterocycles. The molecule has 32 heavy (non-hydrogen) atoms. The molecule has 0 aromatic heterocycles. The van der Waals surface area contributed by atoms with Gasteiger partial charge in [-0.25, -0.2) is 13.4 Å². The lowest BCUT2D eigenvalue weighted by molar-refractivity contribution is -0.137. The number of ether oxygens (including phenoxy) is 1. The number of nitrogens with one attached hydrogen (secondary N) is 2. The number of alkyl halides is 3. The van der Waals surface area contributed by atoms with Gasteiger partial charge in [0, 0.05) is 16.1 Å². The highest BCUT2D eigenvalue weighted by molar-refractivity contribution is 7.92. The van der Waals surface area contributed by atoms with E-state index in [1.54, 1.807) is 0 Å². The molecule has 13 heteroatoms. The van der Waals surface area contributed by atoms with Crippen LogP contribution in [0.5, 0.6) is 5.75 Å². The van der Waals surface area contributed by atoms with Crippen LogP contribution in [0.1, 0.15) is 25.0 Å². The van der Waals surface area contributed by atoms with E-state index in [4.69, 9.17) is 27.8 Å². The van der Waals surface area contributed by atoms with Crippen molar-refractivity contribution in [3.8, 4) is 16.9 Å². The Bertz CT molecular complexity index is 1200. The molecule has 3 rings (SSSR count). The fourth-order valence-corrected chi connectivity index (χ4v) is 4.75. The van der Waals surface area contributed by atoms with Crippen LogP contribution in [-0.2, 0) is 21.8 Å². The minimum absolute atomic E-state index is 0.00991. The molecular weight excluding hydrogens is 471 g/mol. The molecule has 0 saturated carbocycles. The van der Waals surface area contributed by atoms with Gasteiger partial charge in [-0.15, -0.1) is 0 Å². The molecule has 6 N–H and O–H groups in total. The molecule has 1 aliphatic heterocycles. The van der Waals surface area contributed by atoms with E-state index in [9.17, 15) is 21.6 Å². The third-order valence-electron chi connectivity index (χ3n) is 4.89. The average Bonchev–Trinajstić information content (AvgIpc) is 3.06. The van der Waals surface area contributed by atoms with Crippen molar-refractivity contribution in [1.29, 1.82) is 0 Å². The number of hydrogen-bond donors (Lipinski definition) is 4.